The van der Waals surface area contributed by atoms with Crippen LogP contribution in [0.2, 0.25) is 0 Å². The fourth-order valence-corrected chi connectivity index (χ4v) is 0.355. The van der Waals surface area contributed by atoms with Crippen molar-refractivity contribution in [3.8, 4) is 0 Å². The van der Waals surface area contributed by atoms with Crippen LogP contribution in [0.15, 0.2) is 12.2 Å². The molecule has 0 aromatic rings. The van der Waals surface area contributed by atoms with Gasteiger partial charge in [0.2, 0.25) is 3.79 Å². The van der Waals surface area contributed by atoms with Gasteiger partial charge in [0.05, 0.1) is 0 Å². The molecule has 0 aliphatic rings. The molecule has 0 amide bonds. The van der Waals surface area contributed by atoms with Crippen molar-refractivity contribution in [2.45, 2.75) is 3.79 Å². The van der Waals surface area contributed by atoms with Gasteiger partial charge in [-0.05, 0) is 6.08 Å². The molecule has 0 rings (SSSR count). The van der Waals surface area contributed by atoms with E-state index in [1.54, 1.807) is 0 Å². The maximum absolute atomic E-state index is 9.78. The molecule has 6 heteroatoms. The van der Waals surface area contributed by atoms with Crippen molar-refractivity contribution in [2.24, 2.45) is 0 Å². The Labute approximate surface area is 86.2 Å². The van der Waals surface area contributed by atoms with Crippen LogP contribution in [-0.2, 0) is 4.79 Å². The van der Waals surface area contributed by atoms with E-state index >= 15 is 0 Å². The fourth-order valence-electron chi connectivity index (χ4n) is 0.166. The second kappa shape index (κ2) is 5.38. The van der Waals surface area contributed by atoms with E-state index in [0.29, 0.717) is 0 Å². The van der Waals surface area contributed by atoms with Gasteiger partial charge in [-0.15, -0.1) is 0 Å². The topological polar surface area (TPSA) is 37.3 Å². The Kier molecular flexibility index (Phi) is 7.16. The Bertz CT molecular complexity index is 140. The van der Waals surface area contributed by atoms with E-state index in [1.807, 2.05) is 0 Å². The maximum atomic E-state index is 9.78. The SMILES string of the molecule is O=C(O)/C=C/C(Cl)(Cl)Cl.[GaH3]. The quantitative estimate of drug-likeness (QED) is 0.431. The molecule has 0 spiro atoms. The molecule has 2 nitrogen and oxygen atoms in total. The monoisotopic (exact) mass is 260 g/mol. The third-order valence-electron chi connectivity index (χ3n) is 0.415. The molecule has 0 saturated heterocycles. The molecule has 0 heterocycles. The molecular weight excluding hydrogens is 256 g/mol. The van der Waals surface area contributed by atoms with Gasteiger partial charge < -0.3 is 5.11 Å². The first-order valence-corrected chi connectivity index (χ1v) is 3.04. The summed E-state index contributed by atoms with van der Waals surface area (Å²) in [7, 11) is 0. The number of hydrogen-bond donors (Lipinski definition) is 1. The van der Waals surface area contributed by atoms with Crippen LogP contribution in [0.3, 0.4) is 0 Å². The number of carboxylic acids is 1. The third-order valence-corrected chi connectivity index (χ3v) is 0.793. The van der Waals surface area contributed by atoms with Crippen LogP contribution in [-0.4, -0.2) is 34.7 Å². The van der Waals surface area contributed by atoms with Crippen molar-refractivity contribution in [2.75, 3.05) is 0 Å². The van der Waals surface area contributed by atoms with Gasteiger partial charge in [-0.1, -0.05) is 34.8 Å². The predicted octanol–water partition coefficient (Wildman–Crippen LogP) is 0.813. The van der Waals surface area contributed by atoms with Gasteiger partial charge in [-0.2, -0.15) is 0 Å². The minimum atomic E-state index is -1.61. The summed E-state index contributed by atoms with van der Waals surface area (Å²) in [5.74, 6) is -1.14. The number of hydrogen-bond acceptors (Lipinski definition) is 1. The summed E-state index contributed by atoms with van der Waals surface area (Å²) in [4.78, 5) is 9.78. The number of carboxylic acid groups (broad SMARTS) is 1. The van der Waals surface area contributed by atoms with E-state index in [1.165, 1.54) is 0 Å². The van der Waals surface area contributed by atoms with E-state index in [4.69, 9.17) is 39.9 Å². The Morgan fingerprint density at radius 1 is 1.40 bits per heavy atom. The Balaban J connectivity index is 0. The molecule has 0 fully saturated rings. The molecule has 0 saturated carbocycles. The van der Waals surface area contributed by atoms with Crippen molar-refractivity contribution in [1.29, 1.82) is 0 Å². The molecule has 0 atom stereocenters. The van der Waals surface area contributed by atoms with Gasteiger partial charge in [0.25, 0.3) is 0 Å². The van der Waals surface area contributed by atoms with Crippen LogP contribution in [0.25, 0.3) is 0 Å². The summed E-state index contributed by atoms with van der Waals surface area (Å²) in [6.07, 6.45) is 1.73. The van der Waals surface area contributed by atoms with Gasteiger partial charge in [0, 0.05) is 6.08 Å². The molecule has 0 aromatic heterocycles. The summed E-state index contributed by atoms with van der Waals surface area (Å²) in [5.41, 5.74) is 0. The van der Waals surface area contributed by atoms with Gasteiger partial charge in [0.1, 0.15) is 0 Å². The zero-order valence-corrected chi connectivity index (χ0v) is 6.41. The fraction of sp³-hybridized carbons (Fsp3) is 0.250. The first kappa shape index (κ1) is 13.3. The summed E-state index contributed by atoms with van der Waals surface area (Å²) in [6.45, 7) is 0. The molecule has 0 radical (unpaired) electrons. The first-order valence-electron chi connectivity index (χ1n) is 1.91. The molecule has 0 aliphatic heterocycles. The molecule has 10 heavy (non-hydrogen) atoms. The molecule has 1 N–H and O–H groups in total. The van der Waals surface area contributed by atoms with Gasteiger partial charge in [0.15, 0.2) is 0 Å². The summed E-state index contributed by atoms with van der Waals surface area (Å²) >= 11 is 15.5. The predicted molar refractivity (Wildman–Crippen MR) is 47.0 cm³/mol. The molecule has 0 aromatic carbocycles. The summed E-state index contributed by atoms with van der Waals surface area (Å²) in [5, 5.41) is 8.01. The van der Waals surface area contributed by atoms with E-state index in [9.17, 15) is 4.79 Å². The van der Waals surface area contributed by atoms with Crippen molar-refractivity contribution in [3.63, 3.8) is 0 Å². The number of carbonyl (C=O) groups is 1. The average Bonchev–Trinajstić information content (AvgIpc) is 1.59. The molecular formula is C4H6Cl3GaO2. The van der Waals surface area contributed by atoms with Crippen LogP contribution in [0.4, 0.5) is 0 Å². The van der Waals surface area contributed by atoms with Gasteiger partial charge >= 0.3 is 25.8 Å². The number of aliphatic carboxylic acids is 1. The normalized spacial score (nSPS) is 11.1. The zero-order valence-electron chi connectivity index (χ0n) is 4.14. The Hall–Kier alpha value is 0.716. The van der Waals surface area contributed by atoms with Crippen LogP contribution < -0.4 is 0 Å². The molecule has 0 unspecified atom stereocenters. The van der Waals surface area contributed by atoms with Crippen molar-refractivity contribution >= 4 is 60.6 Å². The third kappa shape index (κ3) is 11.5. The van der Waals surface area contributed by atoms with E-state index in [2.05, 4.69) is 0 Å². The molecule has 58 valence electrons. The van der Waals surface area contributed by atoms with Crippen LogP contribution in [0.5, 0.6) is 0 Å². The first-order chi connectivity index (χ1) is 3.92. The minimum absolute atomic E-state index is 0. The van der Waals surface area contributed by atoms with Crippen LogP contribution >= 0.6 is 34.8 Å². The van der Waals surface area contributed by atoms with Crippen LogP contribution in [0, 0.1) is 0 Å². The van der Waals surface area contributed by atoms with Crippen molar-refractivity contribution in [3.05, 3.63) is 12.2 Å². The number of halogens is 3. The van der Waals surface area contributed by atoms with Gasteiger partial charge in [-0.3, -0.25) is 0 Å². The van der Waals surface area contributed by atoms with Crippen molar-refractivity contribution in [1.82, 2.24) is 0 Å². The zero-order chi connectivity index (χ0) is 7.49. The van der Waals surface area contributed by atoms with Gasteiger partial charge in [-0.25, -0.2) is 4.79 Å². The van der Waals surface area contributed by atoms with Crippen LogP contribution in [0.1, 0.15) is 0 Å². The average molecular weight is 262 g/mol. The van der Waals surface area contributed by atoms with E-state index in [0.717, 1.165) is 12.2 Å². The molecule has 0 aliphatic carbocycles. The van der Waals surface area contributed by atoms with Crippen molar-refractivity contribution < 1.29 is 9.90 Å². The summed E-state index contributed by atoms with van der Waals surface area (Å²) < 4.78 is -1.61. The number of allylic oxidation sites excluding steroid dienone is 1. The van der Waals surface area contributed by atoms with E-state index in [-0.39, 0.29) is 19.8 Å². The Morgan fingerprint density at radius 2 is 1.80 bits per heavy atom. The second-order valence-corrected chi connectivity index (χ2v) is 3.58. The Morgan fingerprint density at radius 3 is 1.90 bits per heavy atom. The molecule has 0 bridgehead atoms. The number of alkyl halides is 3. The second-order valence-electron chi connectivity index (χ2n) is 1.21. The number of rotatable bonds is 1. The van der Waals surface area contributed by atoms with E-state index < -0.39 is 9.76 Å². The standard InChI is InChI=1S/C4H3Cl3O2.Ga.3H/c5-4(6,7)2-1-3(8)9;;;;/h1-2H,(H,8,9);;;;/b2-1+;;;;. The summed E-state index contributed by atoms with van der Waals surface area (Å²) in [6, 6.07) is 0.